The van der Waals surface area contributed by atoms with Gasteiger partial charge in [-0.15, -0.1) is 0 Å². The van der Waals surface area contributed by atoms with E-state index in [-0.39, 0.29) is 37.0 Å². The molecule has 1 aliphatic rings. The number of halogens is 1. The third-order valence-corrected chi connectivity index (χ3v) is 8.01. The van der Waals surface area contributed by atoms with Crippen molar-refractivity contribution in [2.45, 2.75) is 57.1 Å². The van der Waals surface area contributed by atoms with Crippen LogP contribution in [-0.2, 0) is 33.2 Å². The van der Waals surface area contributed by atoms with Gasteiger partial charge in [0.25, 0.3) is 0 Å². The minimum atomic E-state index is -3.31. The van der Waals surface area contributed by atoms with E-state index >= 15 is 0 Å². The Hall–Kier alpha value is -2.75. The van der Waals surface area contributed by atoms with E-state index in [4.69, 9.17) is 4.74 Å². The number of aliphatic hydroxyl groups is 1. The Balaban J connectivity index is 1.82. The zero-order valence-corrected chi connectivity index (χ0v) is 21.8. The molecular weight excluding hydrogens is 483 g/mol. The summed E-state index contributed by atoms with van der Waals surface area (Å²) in [7, 11) is -3.31. The molecule has 0 saturated heterocycles. The van der Waals surface area contributed by atoms with Crippen LogP contribution in [0.15, 0.2) is 49.1 Å². The predicted octanol–water partition coefficient (Wildman–Crippen LogP) is 3.01. The highest BCUT2D eigenvalue weighted by molar-refractivity contribution is 7.90. The van der Waals surface area contributed by atoms with Gasteiger partial charge in [0.2, 0.25) is 5.91 Å². The number of hydrogen-bond acceptors (Lipinski definition) is 6. The lowest BCUT2D eigenvalue weighted by Crippen LogP contribution is -2.58. The smallest absolute Gasteiger partial charge is 0.217 e. The summed E-state index contributed by atoms with van der Waals surface area (Å²) < 4.78 is 44.8. The number of carbonyl (C=O) groups is 1. The Morgan fingerprint density at radius 1 is 1.31 bits per heavy atom. The summed E-state index contributed by atoms with van der Waals surface area (Å²) in [5.74, 6) is -0.621. The Morgan fingerprint density at radius 3 is 2.72 bits per heavy atom. The van der Waals surface area contributed by atoms with Gasteiger partial charge in [0.05, 0.1) is 23.1 Å². The summed E-state index contributed by atoms with van der Waals surface area (Å²) in [5.41, 5.74) is 2.13. The van der Waals surface area contributed by atoms with Crippen molar-refractivity contribution in [1.29, 1.82) is 0 Å². The lowest BCUT2D eigenvalue weighted by atomic mass is 9.86. The van der Waals surface area contributed by atoms with Gasteiger partial charge in [-0.1, -0.05) is 37.8 Å². The van der Waals surface area contributed by atoms with E-state index in [0.717, 1.165) is 23.1 Å². The monoisotopic (exact) mass is 518 g/mol. The number of sulfone groups is 1. The average Bonchev–Trinajstić information content (AvgIpc) is 2.79. The van der Waals surface area contributed by atoms with E-state index < -0.39 is 33.3 Å². The SMILES string of the molecule is C=CCOc1cc(F)cc(C[C@](C)(NC(C)=O)[C@H](O)CN[C@H]2CS(=O)(=O)Cc3ccc(CC)cc32)c1. The molecule has 0 fully saturated rings. The van der Waals surface area contributed by atoms with E-state index in [9.17, 15) is 22.7 Å². The van der Waals surface area contributed by atoms with Crippen LogP contribution in [0.2, 0.25) is 0 Å². The number of nitrogens with one attached hydrogen (secondary N) is 2. The van der Waals surface area contributed by atoms with Crippen LogP contribution in [-0.4, -0.2) is 50.0 Å². The van der Waals surface area contributed by atoms with Gasteiger partial charge < -0.3 is 20.5 Å². The van der Waals surface area contributed by atoms with E-state index in [0.29, 0.717) is 11.3 Å². The Bertz CT molecular complexity index is 1220. The van der Waals surface area contributed by atoms with Gasteiger partial charge >= 0.3 is 0 Å². The summed E-state index contributed by atoms with van der Waals surface area (Å²) in [4.78, 5) is 12.0. The quantitative estimate of drug-likeness (QED) is 0.395. The lowest BCUT2D eigenvalue weighted by Gasteiger charge is -2.37. The van der Waals surface area contributed by atoms with Crippen LogP contribution in [0, 0.1) is 5.82 Å². The van der Waals surface area contributed by atoms with E-state index in [2.05, 4.69) is 17.2 Å². The van der Waals surface area contributed by atoms with Crippen molar-refractivity contribution < 1.29 is 27.4 Å². The first-order chi connectivity index (χ1) is 16.9. The molecule has 196 valence electrons. The Morgan fingerprint density at radius 2 is 2.06 bits per heavy atom. The van der Waals surface area contributed by atoms with Gasteiger partial charge in [-0.3, -0.25) is 4.79 Å². The third kappa shape index (κ3) is 7.15. The first kappa shape index (κ1) is 27.8. The zero-order valence-electron chi connectivity index (χ0n) is 21.0. The Kier molecular flexibility index (Phi) is 8.92. The molecule has 1 aliphatic heterocycles. The number of carbonyl (C=O) groups excluding carboxylic acids is 1. The molecule has 7 nitrogen and oxygen atoms in total. The van der Waals surface area contributed by atoms with Crippen molar-refractivity contribution in [3.05, 3.63) is 77.1 Å². The first-order valence-corrected chi connectivity index (χ1v) is 13.8. The highest BCUT2D eigenvalue weighted by Crippen LogP contribution is 2.30. The minimum absolute atomic E-state index is 0.00744. The molecule has 3 N–H and O–H groups in total. The summed E-state index contributed by atoms with van der Waals surface area (Å²) in [5, 5.41) is 17.2. The van der Waals surface area contributed by atoms with Gasteiger partial charge in [-0.25, -0.2) is 12.8 Å². The molecule has 3 rings (SSSR count). The number of aliphatic hydroxyl groups excluding tert-OH is 1. The molecule has 9 heteroatoms. The first-order valence-electron chi connectivity index (χ1n) is 12.0. The minimum Gasteiger partial charge on any atom is -0.489 e. The van der Waals surface area contributed by atoms with E-state index in [1.54, 1.807) is 19.1 Å². The molecule has 0 spiro atoms. The van der Waals surface area contributed by atoms with Crippen LogP contribution < -0.4 is 15.4 Å². The molecule has 36 heavy (non-hydrogen) atoms. The number of ether oxygens (including phenoxy) is 1. The van der Waals surface area contributed by atoms with Crippen LogP contribution in [0.3, 0.4) is 0 Å². The second kappa shape index (κ2) is 11.5. The maximum Gasteiger partial charge on any atom is 0.217 e. The standard InChI is InChI=1S/C27H35FN2O5S/c1-5-9-35-23-11-20(10-22(28)13-23)14-27(4,30-18(3)31)26(32)15-29-25-17-36(33,34)16-21-8-7-19(6-2)12-24(21)25/h5,7-8,10-13,25-26,29,32H,1,6,9,14-17H2,2-4H3,(H,30,31)/t25-,26+,27-/m0/s1. The number of rotatable bonds is 11. The number of benzene rings is 2. The normalized spacial score (nSPS) is 19.0. The maximum atomic E-state index is 14.2. The zero-order chi connectivity index (χ0) is 26.5. The second-order valence-electron chi connectivity index (χ2n) is 9.59. The molecule has 0 aromatic heterocycles. The third-order valence-electron chi connectivity index (χ3n) is 6.41. The highest BCUT2D eigenvalue weighted by Gasteiger charge is 2.36. The van der Waals surface area contributed by atoms with Crippen molar-refractivity contribution in [3.63, 3.8) is 0 Å². The number of amides is 1. The molecule has 2 aromatic rings. The second-order valence-corrected chi connectivity index (χ2v) is 11.7. The molecular formula is C27H35FN2O5S. The summed E-state index contributed by atoms with van der Waals surface area (Å²) in [6, 6.07) is 9.55. The Labute approximate surface area is 212 Å². The topological polar surface area (TPSA) is 105 Å². The van der Waals surface area contributed by atoms with Gasteiger partial charge in [0.1, 0.15) is 18.2 Å². The van der Waals surface area contributed by atoms with Crippen LogP contribution in [0.1, 0.15) is 49.1 Å². The molecule has 0 bridgehead atoms. The van der Waals surface area contributed by atoms with Crippen molar-refractivity contribution in [2.24, 2.45) is 0 Å². The summed E-state index contributed by atoms with van der Waals surface area (Å²) in [6.45, 7) is 8.87. The van der Waals surface area contributed by atoms with Crippen LogP contribution >= 0.6 is 0 Å². The molecule has 0 unspecified atom stereocenters. The van der Waals surface area contributed by atoms with Crippen LogP contribution in [0.25, 0.3) is 0 Å². The summed E-state index contributed by atoms with van der Waals surface area (Å²) >= 11 is 0. The fourth-order valence-corrected chi connectivity index (χ4v) is 6.30. The molecule has 3 atom stereocenters. The molecule has 0 aliphatic carbocycles. The highest BCUT2D eigenvalue weighted by atomic mass is 32.2. The largest absolute Gasteiger partial charge is 0.489 e. The van der Waals surface area contributed by atoms with Gasteiger partial charge in [-0.2, -0.15) is 0 Å². The number of hydrogen-bond donors (Lipinski definition) is 3. The van der Waals surface area contributed by atoms with E-state index in [1.165, 1.54) is 19.1 Å². The molecule has 1 amide bonds. The van der Waals surface area contributed by atoms with Crippen LogP contribution in [0.5, 0.6) is 5.75 Å². The lowest BCUT2D eigenvalue weighted by molar-refractivity contribution is -0.122. The van der Waals surface area contributed by atoms with Crippen LogP contribution in [0.4, 0.5) is 4.39 Å². The van der Waals surface area contributed by atoms with Crippen molar-refractivity contribution >= 4 is 15.7 Å². The van der Waals surface area contributed by atoms with Crippen molar-refractivity contribution in [2.75, 3.05) is 18.9 Å². The average molecular weight is 519 g/mol. The van der Waals surface area contributed by atoms with E-state index in [1.807, 2.05) is 25.1 Å². The maximum absolute atomic E-state index is 14.2. The number of aryl methyl sites for hydroxylation is 1. The van der Waals surface area contributed by atoms with Gasteiger partial charge in [0, 0.05) is 25.6 Å². The van der Waals surface area contributed by atoms with Gasteiger partial charge in [0.15, 0.2) is 9.84 Å². The van der Waals surface area contributed by atoms with Gasteiger partial charge in [-0.05, 0) is 54.2 Å². The summed E-state index contributed by atoms with van der Waals surface area (Å²) in [6.07, 6.45) is 1.39. The fourth-order valence-electron chi connectivity index (χ4n) is 4.64. The van der Waals surface area contributed by atoms with Crippen molar-refractivity contribution in [1.82, 2.24) is 10.6 Å². The predicted molar refractivity (Wildman–Crippen MR) is 138 cm³/mol. The molecule has 0 radical (unpaired) electrons. The molecule has 0 saturated carbocycles. The molecule has 1 heterocycles. The van der Waals surface area contributed by atoms with Crippen molar-refractivity contribution in [3.8, 4) is 5.75 Å². The molecule has 2 aromatic carbocycles. The fraction of sp³-hybridized carbons (Fsp3) is 0.444. The number of fused-ring (bicyclic) bond motifs is 1.